The van der Waals surface area contributed by atoms with Gasteiger partial charge in [0.2, 0.25) is 0 Å². The summed E-state index contributed by atoms with van der Waals surface area (Å²) in [5.74, 6) is -1.45. The molecule has 0 amide bonds. The molecule has 4 nitrogen and oxygen atoms in total. The van der Waals surface area contributed by atoms with Crippen LogP contribution in [0, 0.1) is 13.8 Å². The molecule has 0 aliphatic heterocycles. The van der Waals surface area contributed by atoms with Gasteiger partial charge >= 0.3 is 5.97 Å². The third-order valence-corrected chi connectivity index (χ3v) is 2.14. The topological polar surface area (TPSA) is 74.6 Å². The Morgan fingerprint density at radius 3 is 2.06 bits per heavy atom. The van der Waals surface area contributed by atoms with Crippen molar-refractivity contribution < 1.29 is 19.8 Å². The molecule has 1 aromatic carbocycles. The minimum Gasteiger partial charge on any atom is -0.508 e. The van der Waals surface area contributed by atoms with Crippen molar-refractivity contribution >= 4 is 11.8 Å². The minimum atomic E-state index is -1.16. The van der Waals surface area contributed by atoms with Crippen LogP contribution in [0.3, 0.4) is 0 Å². The van der Waals surface area contributed by atoms with E-state index in [0.29, 0.717) is 16.7 Å². The molecule has 2 N–H and O–H groups in total. The Kier molecular flexibility index (Phi) is 3.45. The molecule has 0 aliphatic rings. The largest absolute Gasteiger partial charge is 0.508 e. The van der Waals surface area contributed by atoms with E-state index >= 15 is 0 Å². The van der Waals surface area contributed by atoms with E-state index in [2.05, 4.69) is 0 Å². The highest BCUT2D eigenvalue weighted by Crippen LogP contribution is 2.21. The standard InChI is InChI=1S/C12H12O4/c1-7-5-9(13)6-8(2)12(7)10(14)3-4-11(15)16/h3-6,13H,1-2H3,(H,15,16)/b4-3+. The zero-order valence-electron chi connectivity index (χ0n) is 9.02. The second-order valence-corrected chi connectivity index (χ2v) is 3.49. The second kappa shape index (κ2) is 4.61. The van der Waals surface area contributed by atoms with E-state index in [9.17, 15) is 14.7 Å². The van der Waals surface area contributed by atoms with Crippen LogP contribution >= 0.6 is 0 Å². The highest BCUT2D eigenvalue weighted by Gasteiger charge is 2.11. The number of aryl methyl sites for hydroxylation is 2. The van der Waals surface area contributed by atoms with Crippen LogP contribution in [-0.2, 0) is 4.79 Å². The average Bonchev–Trinajstić information content (AvgIpc) is 2.12. The molecular formula is C12H12O4. The highest BCUT2D eigenvalue weighted by molar-refractivity contribution is 6.08. The summed E-state index contributed by atoms with van der Waals surface area (Å²) in [5, 5.41) is 17.7. The number of allylic oxidation sites excluding steroid dienone is 1. The fourth-order valence-electron chi connectivity index (χ4n) is 1.56. The highest BCUT2D eigenvalue weighted by atomic mass is 16.4. The van der Waals surface area contributed by atoms with Crippen molar-refractivity contribution in [3.63, 3.8) is 0 Å². The number of hydrogen-bond donors (Lipinski definition) is 2. The summed E-state index contributed by atoms with van der Waals surface area (Å²) in [5.41, 5.74) is 1.67. The van der Waals surface area contributed by atoms with Gasteiger partial charge in [-0.3, -0.25) is 4.79 Å². The summed E-state index contributed by atoms with van der Waals surface area (Å²) >= 11 is 0. The van der Waals surface area contributed by atoms with E-state index in [4.69, 9.17) is 5.11 Å². The van der Waals surface area contributed by atoms with E-state index < -0.39 is 5.97 Å². The van der Waals surface area contributed by atoms with Crippen LogP contribution in [0.2, 0.25) is 0 Å². The van der Waals surface area contributed by atoms with Gasteiger partial charge in [0.1, 0.15) is 5.75 Å². The quantitative estimate of drug-likeness (QED) is 0.602. The van der Waals surface area contributed by atoms with Crippen LogP contribution < -0.4 is 0 Å². The van der Waals surface area contributed by atoms with Crippen molar-refractivity contribution in [2.75, 3.05) is 0 Å². The van der Waals surface area contributed by atoms with E-state index in [1.54, 1.807) is 13.8 Å². The van der Waals surface area contributed by atoms with Crippen molar-refractivity contribution in [3.05, 3.63) is 41.0 Å². The molecule has 0 unspecified atom stereocenters. The number of carbonyl (C=O) groups is 2. The third-order valence-electron chi connectivity index (χ3n) is 2.14. The lowest BCUT2D eigenvalue weighted by Crippen LogP contribution is -2.02. The number of aromatic hydroxyl groups is 1. The van der Waals surface area contributed by atoms with Crippen LogP contribution in [0.1, 0.15) is 21.5 Å². The van der Waals surface area contributed by atoms with Crippen LogP contribution in [0.15, 0.2) is 24.3 Å². The number of carbonyl (C=O) groups excluding carboxylic acids is 1. The molecule has 4 heteroatoms. The SMILES string of the molecule is Cc1cc(O)cc(C)c1C(=O)/C=C/C(=O)O. The molecule has 0 bridgehead atoms. The Labute approximate surface area is 92.8 Å². The molecule has 84 valence electrons. The molecule has 0 atom stereocenters. The molecule has 0 radical (unpaired) electrons. The van der Waals surface area contributed by atoms with E-state index in [-0.39, 0.29) is 11.5 Å². The smallest absolute Gasteiger partial charge is 0.328 e. The Hall–Kier alpha value is -2.10. The Bertz CT molecular complexity index is 449. The molecule has 0 aliphatic carbocycles. The van der Waals surface area contributed by atoms with Crippen molar-refractivity contribution in [2.24, 2.45) is 0 Å². The zero-order chi connectivity index (χ0) is 12.3. The summed E-state index contributed by atoms with van der Waals surface area (Å²) in [7, 11) is 0. The average molecular weight is 220 g/mol. The number of aliphatic carboxylic acids is 1. The molecule has 0 saturated heterocycles. The fourth-order valence-corrected chi connectivity index (χ4v) is 1.56. The van der Waals surface area contributed by atoms with Crippen LogP contribution in [0.4, 0.5) is 0 Å². The second-order valence-electron chi connectivity index (χ2n) is 3.49. The fraction of sp³-hybridized carbons (Fsp3) is 0.167. The summed E-state index contributed by atoms with van der Waals surface area (Å²) < 4.78 is 0. The molecule has 0 spiro atoms. The lowest BCUT2D eigenvalue weighted by atomic mass is 9.98. The van der Waals surface area contributed by atoms with Gasteiger partial charge in [0.05, 0.1) is 0 Å². The maximum Gasteiger partial charge on any atom is 0.328 e. The maximum atomic E-state index is 11.7. The lowest BCUT2D eigenvalue weighted by Gasteiger charge is -2.06. The van der Waals surface area contributed by atoms with Gasteiger partial charge < -0.3 is 10.2 Å². The predicted molar refractivity (Wildman–Crippen MR) is 58.7 cm³/mol. The van der Waals surface area contributed by atoms with E-state index in [1.165, 1.54) is 12.1 Å². The Balaban J connectivity index is 3.14. The number of carboxylic acids is 1. The maximum absolute atomic E-state index is 11.7. The van der Waals surface area contributed by atoms with Gasteiger partial charge in [-0.25, -0.2) is 4.79 Å². The van der Waals surface area contributed by atoms with Crippen molar-refractivity contribution in [2.45, 2.75) is 13.8 Å². The number of phenols is 1. The number of ketones is 1. The first-order valence-corrected chi connectivity index (χ1v) is 4.67. The van der Waals surface area contributed by atoms with Gasteiger partial charge in [-0.2, -0.15) is 0 Å². The summed E-state index contributed by atoms with van der Waals surface area (Å²) in [6.45, 7) is 3.38. The lowest BCUT2D eigenvalue weighted by molar-refractivity contribution is -0.131. The van der Waals surface area contributed by atoms with Gasteiger partial charge in [0, 0.05) is 11.6 Å². The number of benzene rings is 1. The van der Waals surface area contributed by atoms with Crippen LogP contribution in [0.25, 0.3) is 0 Å². The Morgan fingerprint density at radius 1 is 1.12 bits per heavy atom. The van der Waals surface area contributed by atoms with E-state index in [1.807, 2.05) is 0 Å². The number of phenolic OH excluding ortho intramolecular Hbond substituents is 1. The summed E-state index contributed by atoms with van der Waals surface area (Å²) in [6.07, 6.45) is 1.81. The molecular weight excluding hydrogens is 208 g/mol. The molecule has 0 aromatic heterocycles. The van der Waals surface area contributed by atoms with Crippen LogP contribution in [-0.4, -0.2) is 22.0 Å². The zero-order valence-corrected chi connectivity index (χ0v) is 9.02. The molecule has 16 heavy (non-hydrogen) atoms. The Morgan fingerprint density at radius 2 is 1.62 bits per heavy atom. The van der Waals surface area contributed by atoms with Crippen molar-refractivity contribution in [3.8, 4) is 5.75 Å². The van der Waals surface area contributed by atoms with Gasteiger partial charge in [-0.05, 0) is 43.2 Å². The molecule has 0 heterocycles. The first kappa shape index (κ1) is 12.0. The number of hydrogen-bond acceptors (Lipinski definition) is 3. The molecule has 1 aromatic rings. The third kappa shape index (κ3) is 2.70. The first-order valence-electron chi connectivity index (χ1n) is 4.67. The van der Waals surface area contributed by atoms with Gasteiger partial charge in [-0.1, -0.05) is 0 Å². The monoisotopic (exact) mass is 220 g/mol. The van der Waals surface area contributed by atoms with Gasteiger partial charge in [0.25, 0.3) is 0 Å². The predicted octanol–water partition coefficient (Wildman–Crippen LogP) is 1.83. The summed E-state index contributed by atoms with van der Waals surface area (Å²) in [4.78, 5) is 22.0. The van der Waals surface area contributed by atoms with E-state index in [0.717, 1.165) is 12.2 Å². The van der Waals surface area contributed by atoms with Crippen molar-refractivity contribution in [1.82, 2.24) is 0 Å². The summed E-state index contributed by atoms with van der Waals surface area (Å²) in [6, 6.07) is 2.93. The number of rotatable bonds is 3. The molecule has 0 saturated carbocycles. The molecule has 0 fully saturated rings. The van der Waals surface area contributed by atoms with Crippen LogP contribution in [0.5, 0.6) is 5.75 Å². The van der Waals surface area contributed by atoms with Crippen molar-refractivity contribution in [1.29, 1.82) is 0 Å². The normalized spacial score (nSPS) is 10.6. The molecule has 1 rings (SSSR count). The minimum absolute atomic E-state index is 0.0914. The van der Waals surface area contributed by atoms with Gasteiger partial charge in [0.15, 0.2) is 5.78 Å². The number of carboxylic acid groups (broad SMARTS) is 1. The first-order chi connectivity index (χ1) is 7.41. The van der Waals surface area contributed by atoms with Gasteiger partial charge in [-0.15, -0.1) is 0 Å².